The minimum absolute atomic E-state index is 0.105. The van der Waals surface area contributed by atoms with E-state index in [9.17, 15) is 19.2 Å². The number of nitrogens with one attached hydrogen (secondary N) is 1. The van der Waals surface area contributed by atoms with Gasteiger partial charge in [0.15, 0.2) is 11.7 Å². The molecule has 0 aliphatic rings. The second kappa shape index (κ2) is 7.11. The summed E-state index contributed by atoms with van der Waals surface area (Å²) in [6.45, 7) is 1.24. The van der Waals surface area contributed by atoms with Gasteiger partial charge in [0.05, 0.1) is 23.0 Å². The van der Waals surface area contributed by atoms with E-state index in [4.69, 9.17) is 0 Å². The van der Waals surface area contributed by atoms with Gasteiger partial charge in [-0.15, -0.1) is 0 Å². The predicted molar refractivity (Wildman–Crippen MR) is 95.1 cm³/mol. The lowest BCUT2D eigenvalue weighted by molar-refractivity contribution is -0.114. The molecule has 0 radical (unpaired) electrons. The summed E-state index contributed by atoms with van der Waals surface area (Å²) < 4.78 is 13.8. The third-order valence-corrected chi connectivity index (χ3v) is 3.87. The number of carbonyl (C=O) groups excluding carboxylic acids is 2. The Labute approximate surface area is 149 Å². The van der Waals surface area contributed by atoms with Gasteiger partial charge in [-0.3, -0.25) is 14.6 Å². The van der Waals surface area contributed by atoms with E-state index in [0.717, 1.165) is 11.5 Å². The average molecular weight is 347 g/mol. The Bertz CT molecular complexity index is 1060. The molecule has 1 N–H and O–H groups in total. The van der Waals surface area contributed by atoms with Crippen LogP contribution in [0.25, 0.3) is 10.9 Å². The molecular formula is C20H14FN3O2. The van der Waals surface area contributed by atoms with Crippen molar-refractivity contribution in [1.82, 2.24) is 4.98 Å². The van der Waals surface area contributed by atoms with Crippen LogP contribution in [-0.2, 0) is 4.79 Å². The highest BCUT2D eigenvalue weighted by atomic mass is 19.1. The second-order valence-corrected chi connectivity index (χ2v) is 5.73. The summed E-state index contributed by atoms with van der Waals surface area (Å²) in [6, 6.07) is 16.4. The highest BCUT2D eigenvalue weighted by molar-refractivity contribution is 6.04. The van der Waals surface area contributed by atoms with Gasteiger partial charge in [0.1, 0.15) is 5.82 Å². The third kappa shape index (κ3) is 3.42. The van der Waals surface area contributed by atoms with E-state index in [-0.39, 0.29) is 11.3 Å². The highest BCUT2D eigenvalue weighted by Gasteiger charge is 2.24. The van der Waals surface area contributed by atoms with Crippen LogP contribution in [0.3, 0.4) is 0 Å². The fraction of sp³-hybridized carbons (Fsp3) is 0.100. The SMILES string of the molecule is CC(=O)Nc1cc(C(=O)C(C#N)c2ccc3ccccc3n2)ccc1F. The number of nitrogens with zero attached hydrogens (tertiary/aromatic N) is 2. The Balaban J connectivity index is 1.98. The van der Waals surface area contributed by atoms with Gasteiger partial charge < -0.3 is 5.32 Å². The zero-order valence-electron chi connectivity index (χ0n) is 13.9. The summed E-state index contributed by atoms with van der Waals surface area (Å²) in [5.41, 5.74) is 1.01. The number of benzene rings is 2. The van der Waals surface area contributed by atoms with Crippen LogP contribution in [-0.4, -0.2) is 16.7 Å². The molecule has 5 nitrogen and oxygen atoms in total. The summed E-state index contributed by atoms with van der Waals surface area (Å²) >= 11 is 0. The summed E-state index contributed by atoms with van der Waals surface area (Å²) in [6.07, 6.45) is 0. The Hall–Kier alpha value is -3.59. The van der Waals surface area contributed by atoms with Crippen LogP contribution in [0, 0.1) is 17.1 Å². The number of hydrogen-bond acceptors (Lipinski definition) is 4. The molecule has 0 aliphatic heterocycles. The first-order chi connectivity index (χ1) is 12.5. The first-order valence-electron chi connectivity index (χ1n) is 7.86. The molecule has 1 aromatic heterocycles. The molecule has 6 heteroatoms. The average Bonchev–Trinajstić information content (AvgIpc) is 2.63. The first kappa shape index (κ1) is 17.2. The Morgan fingerprint density at radius 1 is 1.15 bits per heavy atom. The van der Waals surface area contributed by atoms with Gasteiger partial charge in [-0.2, -0.15) is 5.26 Å². The highest BCUT2D eigenvalue weighted by Crippen LogP contribution is 2.24. The van der Waals surface area contributed by atoms with Crippen LogP contribution >= 0.6 is 0 Å². The number of halogens is 1. The zero-order valence-corrected chi connectivity index (χ0v) is 13.9. The molecule has 128 valence electrons. The van der Waals surface area contributed by atoms with Gasteiger partial charge in [-0.05, 0) is 30.3 Å². The first-order valence-corrected chi connectivity index (χ1v) is 7.86. The minimum Gasteiger partial charge on any atom is -0.324 e. The van der Waals surface area contributed by atoms with Crippen molar-refractivity contribution >= 4 is 28.3 Å². The van der Waals surface area contributed by atoms with E-state index >= 15 is 0 Å². The molecule has 0 bridgehead atoms. The van der Waals surface area contributed by atoms with E-state index in [1.165, 1.54) is 19.1 Å². The Morgan fingerprint density at radius 3 is 2.65 bits per heavy atom. The Kier molecular flexibility index (Phi) is 4.72. The van der Waals surface area contributed by atoms with Gasteiger partial charge in [0.2, 0.25) is 5.91 Å². The number of amides is 1. The molecule has 2 aromatic carbocycles. The lowest BCUT2D eigenvalue weighted by atomic mass is 9.94. The van der Waals surface area contributed by atoms with Crippen molar-refractivity contribution in [3.8, 4) is 6.07 Å². The lowest BCUT2D eigenvalue weighted by Crippen LogP contribution is -2.14. The number of anilines is 1. The molecule has 26 heavy (non-hydrogen) atoms. The standard InChI is InChI=1S/C20H14FN3O2/c1-12(25)23-19-10-14(6-8-16(19)21)20(26)15(11-22)18-9-7-13-4-2-3-5-17(13)24-18/h2-10,15H,1H3,(H,23,25). The van der Waals surface area contributed by atoms with E-state index in [0.29, 0.717) is 11.2 Å². The molecule has 3 rings (SSSR count). The van der Waals surface area contributed by atoms with Crippen LogP contribution < -0.4 is 5.32 Å². The number of pyridine rings is 1. The molecule has 0 aliphatic carbocycles. The quantitative estimate of drug-likeness (QED) is 0.727. The largest absolute Gasteiger partial charge is 0.324 e. The number of rotatable bonds is 4. The van der Waals surface area contributed by atoms with Crippen LogP contribution in [0.2, 0.25) is 0 Å². The van der Waals surface area contributed by atoms with Crippen LogP contribution in [0.1, 0.15) is 28.9 Å². The summed E-state index contributed by atoms with van der Waals surface area (Å²) in [4.78, 5) is 28.3. The van der Waals surface area contributed by atoms with Crippen LogP contribution in [0.15, 0.2) is 54.6 Å². The molecule has 1 amide bonds. The van der Waals surface area contributed by atoms with Gasteiger partial charge >= 0.3 is 0 Å². The molecular weight excluding hydrogens is 333 g/mol. The Morgan fingerprint density at radius 2 is 1.92 bits per heavy atom. The third-order valence-electron chi connectivity index (χ3n) is 3.87. The van der Waals surface area contributed by atoms with Crippen molar-refractivity contribution in [3.05, 3.63) is 71.7 Å². The summed E-state index contributed by atoms with van der Waals surface area (Å²) in [5, 5.41) is 12.7. The van der Waals surface area contributed by atoms with Crippen molar-refractivity contribution in [2.45, 2.75) is 12.8 Å². The number of fused-ring (bicyclic) bond motifs is 1. The maximum atomic E-state index is 13.8. The number of Topliss-reactive ketones (excluding diaryl/α,β-unsaturated/α-hetero) is 1. The minimum atomic E-state index is -1.13. The smallest absolute Gasteiger partial charge is 0.221 e. The van der Waals surface area contributed by atoms with E-state index in [1.807, 2.05) is 24.3 Å². The number of aromatic nitrogens is 1. The molecule has 0 spiro atoms. The maximum Gasteiger partial charge on any atom is 0.221 e. The lowest BCUT2D eigenvalue weighted by Gasteiger charge is -2.11. The van der Waals surface area contributed by atoms with E-state index in [1.54, 1.807) is 18.2 Å². The van der Waals surface area contributed by atoms with Gasteiger partial charge in [0.25, 0.3) is 0 Å². The van der Waals surface area contributed by atoms with E-state index < -0.39 is 23.4 Å². The normalized spacial score (nSPS) is 11.6. The number of ketones is 1. The molecule has 3 aromatic rings. The number of para-hydroxylation sites is 1. The van der Waals surface area contributed by atoms with E-state index in [2.05, 4.69) is 10.3 Å². The van der Waals surface area contributed by atoms with Crippen molar-refractivity contribution in [1.29, 1.82) is 5.26 Å². The van der Waals surface area contributed by atoms with Crippen molar-refractivity contribution < 1.29 is 14.0 Å². The van der Waals surface area contributed by atoms with Crippen molar-refractivity contribution in [2.75, 3.05) is 5.32 Å². The fourth-order valence-corrected chi connectivity index (χ4v) is 2.63. The van der Waals surface area contributed by atoms with Gasteiger partial charge in [-0.25, -0.2) is 4.39 Å². The predicted octanol–water partition coefficient (Wildman–Crippen LogP) is 3.82. The van der Waals surface area contributed by atoms with Gasteiger partial charge in [-0.1, -0.05) is 24.3 Å². The van der Waals surface area contributed by atoms with Crippen LogP contribution in [0.5, 0.6) is 0 Å². The molecule has 0 saturated carbocycles. The number of hydrogen-bond donors (Lipinski definition) is 1. The molecule has 0 fully saturated rings. The van der Waals surface area contributed by atoms with Crippen LogP contribution in [0.4, 0.5) is 10.1 Å². The summed E-state index contributed by atoms with van der Waals surface area (Å²) in [7, 11) is 0. The number of carbonyl (C=O) groups is 2. The molecule has 0 saturated heterocycles. The monoisotopic (exact) mass is 347 g/mol. The number of nitriles is 1. The fourth-order valence-electron chi connectivity index (χ4n) is 2.63. The second-order valence-electron chi connectivity index (χ2n) is 5.73. The topological polar surface area (TPSA) is 82.9 Å². The molecule has 1 heterocycles. The zero-order chi connectivity index (χ0) is 18.7. The molecule has 1 unspecified atom stereocenters. The summed E-state index contributed by atoms with van der Waals surface area (Å²) in [5.74, 6) is -2.76. The molecule has 1 atom stereocenters. The van der Waals surface area contributed by atoms with Gasteiger partial charge in [0, 0.05) is 17.9 Å². The van der Waals surface area contributed by atoms with Crippen molar-refractivity contribution in [3.63, 3.8) is 0 Å². The maximum absolute atomic E-state index is 13.8. The van der Waals surface area contributed by atoms with Crippen molar-refractivity contribution in [2.24, 2.45) is 0 Å².